The van der Waals surface area contributed by atoms with Gasteiger partial charge in [0.05, 0.1) is 0 Å². The van der Waals surface area contributed by atoms with Crippen molar-refractivity contribution in [3.05, 3.63) is 0 Å². The molecule has 0 amide bonds. The molecule has 0 aliphatic rings. The van der Waals surface area contributed by atoms with Gasteiger partial charge >= 0.3 is 68.0 Å². The summed E-state index contributed by atoms with van der Waals surface area (Å²) < 4.78 is 10.1. The molecule has 0 aromatic heterocycles. The zero-order valence-corrected chi connectivity index (χ0v) is 7.82. The van der Waals surface area contributed by atoms with E-state index in [1.165, 1.54) is 0 Å². The van der Waals surface area contributed by atoms with Crippen LogP contribution in [0.15, 0.2) is 0 Å². The van der Waals surface area contributed by atoms with Crippen LogP contribution >= 0.6 is 7.92 Å². The molecule has 0 radical (unpaired) electrons. The first-order chi connectivity index (χ1) is 5.24. The first-order valence-corrected chi connectivity index (χ1v) is 4.52. The Bertz CT molecular complexity index is 243. The van der Waals surface area contributed by atoms with Gasteiger partial charge in [-0.15, -0.1) is 0 Å². The Balaban J connectivity index is 4.40. The molecule has 3 heteroatoms. The van der Waals surface area contributed by atoms with E-state index in [0.29, 0.717) is 6.42 Å². The Morgan fingerprint density at radius 1 is 1.45 bits per heavy atom. The van der Waals surface area contributed by atoms with Crippen LogP contribution in [0.4, 0.5) is 0 Å². The molecular formula is C8H12NOP. The van der Waals surface area contributed by atoms with Crippen molar-refractivity contribution in [2.24, 2.45) is 5.41 Å². The second-order valence-corrected chi connectivity index (χ2v) is 3.02. The Hall–Kier alpha value is -0.500. The predicted molar refractivity (Wildman–Crippen MR) is 44.7 cm³/mol. The molecule has 11 heavy (non-hydrogen) atoms. The summed E-state index contributed by atoms with van der Waals surface area (Å²) in [5, 5.41) is 8.81. The molecule has 0 saturated carbocycles. The van der Waals surface area contributed by atoms with Gasteiger partial charge in [0, 0.05) is 0 Å². The minimum absolute atomic E-state index is 0.0936. The van der Waals surface area contributed by atoms with E-state index in [0.717, 1.165) is 12.8 Å². The van der Waals surface area contributed by atoms with Crippen molar-refractivity contribution in [3.63, 3.8) is 0 Å². The van der Waals surface area contributed by atoms with Crippen LogP contribution in [0.1, 0.15) is 33.1 Å². The molecule has 0 spiro atoms. The van der Waals surface area contributed by atoms with Gasteiger partial charge < -0.3 is 0 Å². The molecular weight excluding hydrogens is 157 g/mol. The fraction of sp³-hybridized carbons (Fsp3) is 0.750. The van der Waals surface area contributed by atoms with E-state index < -0.39 is 0 Å². The number of rotatable bonds is 3. The fourth-order valence-electron chi connectivity index (χ4n) is 0.881. The van der Waals surface area contributed by atoms with Crippen molar-refractivity contribution >= 4 is 7.92 Å². The summed E-state index contributed by atoms with van der Waals surface area (Å²) in [5.41, 5.74) is 2.30. The van der Waals surface area contributed by atoms with Crippen molar-refractivity contribution in [1.82, 2.24) is 0 Å². The third-order valence-corrected chi connectivity index (χ3v) is 2.36. The van der Waals surface area contributed by atoms with E-state index in [1.807, 2.05) is 13.8 Å². The monoisotopic (exact) mass is 169 g/mol. The van der Waals surface area contributed by atoms with Crippen LogP contribution in [0.3, 0.4) is 0 Å². The summed E-state index contributed by atoms with van der Waals surface area (Å²) in [7, 11) is -0.0936. The van der Waals surface area contributed by atoms with E-state index in [-0.39, 0.29) is 13.3 Å². The minimum atomic E-state index is -0.336. The maximum atomic E-state index is 10.1. The molecule has 60 valence electrons. The van der Waals surface area contributed by atoms with Gasteiger partial charge in [0.15, 0.2) is 0 Å². The Morgan fingerprint density at radius 2 is 2.00 bits per heavy atom. The predicted octanol–water partition coefficient (Wildman–Crippen LogP) is 2.96. The van der Waals surface area contributed by atoms with Gasteiger partial charge in [0.2, 0.25) is 0 Å². The van der Waals surface area contributed by atoms with Gasteiger partial charge in [-0.25, -0.2) is 0 Å². The summed E-state index contributed by atoms with van der Waals surface area (Å²) in [6.45, 7) is 3.94. The van der Waals surface area contributed by atoms with Crippen LogP contribution in [0.2, 0.25) is 0 Å². The summed E-state index contributed by atoms with van der Waals surface area (Å²) in [6.07, 6.45) is 2.09. The standard InChI is InChI=1S/C8H12NOP/c1-3-8(4-2,7-9)5-6-11-10/h3-5H2,1-2H3. The van der Waals surface area contributed by atoms with Crippen LogP contribution in [0.5, 0.6) is 0 Å². The van der Waals surface area contributed by atoms with Crippen molar-refractivity contribution in [1.29, 1.82) is 5.26 Å². The Morgan fingerprint density at radius 3 is 2.27 bits per heavy atom. The Kier molecular flexibility index (Phi) is 4.95. The molecule has 0 aromatic carbocycles. The molecule has 0 atom stereocenters. The number of hydrogen-bond donors (Lipinski definition) is 0. The molecule has 0 saturated heterocycles. The number of nitrogens with zero attached hydrogens (tertiary/aromatic N) is 1. The van der Waals surface area contributed by atoms with Crippen molar-refractivity contribution in [2.75, 3.05) is 0 Å². The third kappa shape index (κ3) is 2.93. The Labute approximate surface area is 68.7 Å². The van der Waals surface area contributed by atoms with Gasteiger partial charge in [-0.1, -0.05) is 0 Å². The normalized spacial score (nSPS) is 9.91. The van der Waals surface area contributed by atoms with Gasteiger partial charge in [-0.05, 0) is 0 Å². The molecule has 0 heterocycles. The van der Waals surface area contributed by atoms with Gasteiger partial charge in [0.1, 0.15) is 0 Å². The van der Waals surface area contributed by atoms with Gasteiger partial charge in [-0.3, -0.25) is 0 Å². The zero-order valence-electron chi connectivity index (χ0n) is 6.92. The van der Waals surface area contributed by atoms with Crippen molar-refractivity contribution in [3.8, 4) is 11.7 Å². The topological polar surface area (TPSA) is 40.9 Å². The van der Waals surface area contributed by atoms with E-state index in [9.17, 15) is 4.57 Å². The van der Waals surface area contributed by atoms with Crippen LogP contribution in [0.25, 0.3) is 0 Å². The molecule has 0 fully saturated rings. The second kappa shape index (κ2) is 5.19. The zero-order chi connectivity index (χ0) is 8.74. The molecule has 0 unspecified atom stereocenters. The summed E-state index contributed by atoms with van der Waals surface area (Å²) in [6, 6.07) is 2.24. The van der Waals surface area contributed by atoms with E-state index in [2.05, 4.69) is 11.7 Å². The van der Waals surface area contributed by atoms with Crippen LogP contribution in [-0.4, -0.2) is 0 Å². The molecule has 2 nitrogen and oxygen atoms in total. The summed E-state index contributed by atoms with van der Waals surface area (Å²) in [5.74, 6) is 0. The quantitative estimate of drug-likeness (QED) is 0.609. The molecule has 0 N–H and O–H groups in total. The first-order valence-electron chi connectivity index (χ1n) is 3.71. The van der Waals surface area contributed by atoms with Crippen molar-refractivity contribution in [2.45, 2.75) is 33.1 Å². The molecule has 0 aliphatic carbocycles. The molecule has 0 bridgehead atoms. The van der Waals surface area contributed by atoms with Gasteiger partial charge in [-0.2, -0.15) is 0 Å². The summed E-state index contributed by atoms with van der Waals surface area (Å²) in [4.78, 5) is 0. The molecule has 0 aliphatic heterocycles. The number of nitriles is 1. The number of hydrogen-bond acceptors (Lipinski definition) is 2. The fourth-order valence-corrected chi connectivity index (χ4v) is 1.25. The average molecular weight is 169 g/mol. The summed E-state index contributed by atoms with van der Waals surface area (Å²) >= 11 is 0. The molecule has 0 rings (SSSR count). The van der Waals surface area contributed by atoms with E-state index in [4.69, 9.17) is 5.26 Å². The molecule has 0 aromatic rings. The van der Waals surface area contributed by atoms with E-state index in [1.54, 1.807) is 0 Å². The third-order valence-electron chi connectivity index (χ3n) is 2.07. The van der Waals surface area contributed by atoms with Crippen molar-refractivity contribution < 1.29 is 4.57 Å². The van der Waals surface area contributed by atoms with Gasteiger partial charge in [0.25, 0.3) is 0 Å². The average Bonchev–Trinajstić information content (AvgIpc) is 2.08. The van der Waals surface area contributed by atoms with Crippen LogP contribution in [0, 0.1) is 22.4 Å². The second-order valence-electron chi connectivity index (χ2n) is 2.53. The van der Waals surface area contributed by atoms with Crippen LogP contribution < -0.4 is 0 Å². The SMILES string of the molecule is CCC(C#N)(CC)CC#P=O. The maximum absolute atomic E-state index is 10.1. The first kappa shape index (κ1) is 10.5. The van der Waals surface area contributed by atoms with E-state index >= 15 is 0 Å². The van der Waals surface area contributed by atoms with Crippen LogP contribution in [-0.2, 0) is 4.57 Å².